The minimum Gasteiger partial charge on any atom is -0.481 e. The fourth-order valence-corrected chi connectivity index (χ4v) is 4.82. The summed E-state index contributed by atoms with van der Waals surface area (Å²) in [7, 11) is 0. The third-order valence-electron chi connectivity index (χ3n) is 7.24. The lowest BCUT2D eigenvalue weighted by Gasteiger charge is -2.17. The number of allylic oxidation sites excluding steroid dienone is 2. The van der Waals surface area contributed by atoms with Crippen LogP contribution in [-0.2, 0) is 14.3 Å². The number of unbranched alkanes of at least 4 members (excludes halogenated alkanes) is 18. The zero-order valence-electron chi connectivity index (χ0n) is 24.8. The first kappa shape index (κ1) is 35.7. The Balaban J connectivity index is 3.46. The predicted octanol–water partition coefficient (Wildman–Crippen LogP) is 10.7. The maximum atomic E-state index is 12.2. The van der Waals surface area contributed by atoms with Crippen LogP contribution in [0.3, 0.4) is 0 Å². The first-order chi connectivity index (χ1) is 18.1. The first-order valence-electron chi connectivity index (χ1n) is 16.2. The standard InChI is InChI=1S/C33H62O4/c1-3-5-7-8-9-10-11-12-13-14-15-16-17-18-19-20-21-22-23-24-25-30-33(36)37-31(27-6-4-2)28-26-29-32(34)35/h14-15,31H,3-13,16-30H2,1-2H3,(H,34,35)/b15-14-. The highest BCUT2D eigenvalue weighted by molar-refractivity contribution is 5.69. The van der Waals surface area contributed by atoms with Gasteiger partial charge in [-0.25, -0.2) is 0 Å². The van der Waals surface area contributed by atoms with E-state index in [-0.39, 0.29) is 18.5 Å². The van der Waals surface area contributed by atoms with Gasteiger partial charge in [-0.2, -0.15) is 0 Å². The van der Waals surface area contributed by atoms with E-state index in [0.29, 0.717) is 19.3 Å². The minimum atomic E-state index is -0.780. The fourth-order valence-electron chi connectivity index (χ4n) is 4.82. The Kier molecular flexibility index (Phi) is 28.2. The number of ether oxygens (including phenoxy) is 1. The van der Waals surface area contributed by atoms with Gasteiger partial charge in [0.15, 0.2) is 0 Å². The van der Waals surface area contributed by atoms with E-state index in [1.165, 1.54) is 109 Å². The molecule has 0 aromatic heterocycles. The molecular formula is C33H62O4. The van der Waals surface area contributed by atoms with Crippen LogP contribution < -0.4 is 0 Å². The molecule has 0 bridgehead atoms. The van der Waals surface area contributed by atoms with Crippen LogP contribution in [0.5, 0.6) is 0 Å². The van der Waals surface area contributed by atoms with Crippen LogP contribution in [0.4, 0.5) is 0 Å². The zero-order valence-corrected chi connectivity index (χ0v) is 24.8. The van der Waals surface area contributed by atoms with E-state index in [0.717, 1.165) is 32.1 Å². The molecule has 0 saturated carbocycles. The van der Waals surface area contributed by atoms with E-state index in [2.05, 4.69) is 26.0 Å². The van der Waals surface area contributed by atoms with E-state index < -0.39 is 5.97 Å². The maximum absolute atomic E-state index is 12.2. The Morgan fingerprint density at radius 2 is 1.00 bits per heavy atom. The van der Waals surface area contributed by atoms with Gasteiger partial charge in [0.05, 0.1) is 0 Å². The van der Waals surface area contributed by atoms with Gasteiger partial charge in [0, 0.05) is 12.8 Å². The van der Waals surface area contributed by atoms with Crippen molar-refractivity contribution < 1.29 is 19.4 Å². The van der Waals surface area contributed by atoms with E-state index in [4.69, 9.17) is 9.84 Å². The SMILES string of the molecule is CCCCCCCCCC/C=C\CCCCCCCCCCCC(=O)OC(CCCC)CCCC(=O)O. The molecule has 0 heterocycles. The zero-order chi connectivity index (χ0) is 27.2. The summed E-state index contributed by atoms with van der Waals surface area (Å²) in [4.78, 5) is 22.9. The number of carbonyl (C=O) groups is 2. The van der Waals surface area contributed by atoms with Gasteiger partial charge < -0.3 is 9.84 Å². The quantitative estimate of drug-likeness (QED) is 0.0602. The van der Waals surface area contributed by atoms with Gasteiger partial charge >= 0.3 is 11.9 Å². The van der Waals surface area contributed by atoms with Crippen molar-refractivity contribution in [2.75, 3.05) is 0 Å². The number of hydrogen-bond acceptors (Lipinski definition) is 3. The van der Waals surface area contributed by atoms with Crippen molar-refractivity contribution in [3.63, 3.8) is 0 Å². The van der Waals surface area contributed by atoms with Crippen molar-refractivity contribution in [1.82, 2.24) is 0 Å². The van der Waals surface area contributed by atoms with Crippen LogP contribution >= 0.6 is 0 Å². The molecule has 1 atom stereocenters. The lowest BCUT2D eigenvalue weighted by Crippen LogP contribution is -2.18. The van der Waals surface area contributed by atoms with Crippen LogP contribution in [0.25, 0.3) is 0 Å². The number of carboxylic acid groups (broad SMARTS) is 1. The Bertz CT molecular complexity index is 528. The summed E-state index contributed by atoms with van der Waals surface area (Å²) in [5.41, 5.74) is 0. The summed E-state index contributed by atoms with van der Waals surface area (Å²) in [5, 5.41) is 8.81. The molecule has 0 aliphatic carbocycles. The maximum Gasteiger partial charge on any atom is 0.306 e. The number of carbonyl (C=O) groups excluding carboxylic acids is 1. The second-order valence-corrected chi connectivity index (χ2v) is 11.0. The Morgan fingerprint density at radius 3 is 1.49 bits per heavy atom. The van der Waals surface area contributed by atoms with Crippen molar-refractivity contribution in [2.45, 2.75) is 187 Å². The molecule has 0 saturated heterocycles. The summed E-state index contributed by atoms with van der Waals surface area (Å²) in [6.07, 6.45) is 34.3. The topological polar surface area (TPSA) is 63.6 Å². The van der Waals surface area contributed by atoms with Gasteiger partial charge in [0.2, 0.25) is 0 Å². The summed E-state index contributed by atoms with van der Waals surface area (Å²) in [5.74, 6) is -0.888. The van der Waals surface area contributed by atoms with Crippen molar-refractivity contribution >= 4 is 11.9 Å². The van der Waals surface area contributed by atoms with Gasteiger partial charge in [0.25, 0.3) is 0 Å². The molecule has 0 fully saturated rings. The van der Waals surface area contributed by atoms with Gasteiger partial charge in [-0.05, 0) is 51.4 Å². The molecule has 0 aromatic rings. The van der Waals surface area contributed by atoms with E-state index >= 15 is 0 Å². The molecule has 4 nitrogen and oxygen atoms in total. The number of rotatable bonds is 29. The molecule has 0 amide bonds. The third-order valence-corrected chi connectivity index (χ3v) is 7.24. The minimum absolute atomic E-state index is 0.108. The van der Waals surface area contributed by atoms with Crippen molar-refractivity contribution in [3.8, 4) is 0 Å². The summed E-state index contributed by atoms with van der Waals surface area (Å²) in [6.45, 7) is 4.40. The second-order valence-electron chi connectivity index (χ2n) is 11.0. The number of hydrogen-bond donors (Lipinski definition) is 1. The summed E-state index contributed by atoms with van der Waals surface area (Å²) >= 11 is 0. The van der Waals surface area contributed by atoms with Crippen molar-refractivity contribution in [1.29, 1.82) is 0 Å². The van der Waals surface area contributed by atoms with Crippen LogP contribution in [-0.4, -0.2) is 23.1 Å². The Morgan fingerprint density at radius 1 is 0.568 bits per heavy atom. The molecule has 4 heteroatoms. The molecule has 0 aromatic carbocycles. The summed E-state index contributed by atoms with van der Waals surface area (Å²) in [6, 6.07) is 0. The highest BCUT2D eigenvalue weighted by Gasteiger charge is 2.14. The molecule has 0 aliphatic heterocycles. The highest BCUT2D eigenvalue weighted by Crippen LogP contribution is 2.16. The van der Waals surface area contributed by atoms with Gasteiger partial charge in [-0.3, -0.25) is 9.59 Å². The Labute approximate surface area is 230 Å². The molecular weight excluding hydrogens is 460 g/mol. The molecule has 1 N–H and O–H groups in total. The molecule has 0 radical (unpaired) electrons. The molecule has 1 unspecified atom stereocenters. The molecule has 0 aliphatic rings. The van der Waals surface area contributed by atoms with Crippen LogP contribution in [0, 0.1) is 0 Å². The molecule has 0 rings (SSSR count). The summed E-state index contributed by atoms with van der Waals surface area (Å²) < 4.78 is 5.64. The fraction of sp³-hybridized carbons (Fsp3) is 0.879. The number of carboxylic acids is 1. The average Bonchev–Trinajstić information content (AvgIpc) is 2.87. The lowest BCUT2D eigenvalue weighted by molar-refractivity contribution is -0.150. The van der Waals surface area contributed by atoms with E-state index in [9.17, 15) is 9.59 Å². The van der Waals surface area contributed by atoms with Crippen LogP contribution in [0.1, 0.15) is 181 Å². The lowest BCUT2D eigenvalue weighted by atomic mass is 10.0. The van der Waals surface area contributed by atoms with Crippen LogP contribution in [0.15, 0.2) is 12.2 Å². The second kappa shape index (κ2) is 29.2. The van der Waals surface area contributed by atoms with Gasteiger partial charge in [0.1, 0.15) is 6.10 Å². The van der Waals surface area contributed by atoms with E-state index in [1.807, 2.05) is 0 Å². The molecule has 37 heavy (non-hydrogen) atoms. The van der Waals surface area contributed by atoms with Crippen LogP contribution in [0.2, 0.25) is 0 Å². The number of aliphatic carboxylic acids is 1. The number of esters is 1. The first-order valence-corrected chi connectivity index (χ1v) is 16.2. The van der Waals surface area contributed by atoms with Gasteiger partial charge in [-0.15, -0.1) is 0 Å². The Hall–Kier alpha value is -1.32. The largest absolute Gasteiger partial charge is 0.481 e. The smallest absolute Gasteiger partial charge is 0.306 e. The van der Waals surface area contributed by atoms with Crippen molar-refractivity contribution in [2.24, 2.45) is 0 Å². The van der Waals surface area contributed by atoms with Crippen molar-refractivity contribution in [3.05, 3.63) is 12.2 Å². The normalized spacial score (nSPS) is 12.3. The average molecular weight is 523 g/mol. The monoisotopic (exact) mass is 522 g/mol. The third kappa shape index (κ3) is 29.1. The predicted molar refractivity (Wildman–Crippen MR) is 158 cm³/mol. The van der Waals surface area contributed by atoms with Gasteiger partial charge in [-0.1, -0.05) is 129 Å². The molecule has 0 spiro atoms. The highest BCUT2D eigenvalue weighted by atomic mass is 16.5. The van der Waals surface area contributed by atoms with E-state index in [1.54, 1.807) is 0 Å². The molecule has 218 valence electrons.